The molecule has 0 atom stereocenters. The molecule has 1 aromatic heterocycles. The van der Waals surface area contributed by atoms with Crippen LogP contribution >= 0.6 is 0 Å². The molecule has 0 bridgehead atoms. The number of nitriles is 1. The minimum Gasteiger partial charge on any atom is -0.394 e. The van der Waals surface area contributed by atoms with Crippen LogP contribution in [0.15, 0.2) is 18.2 Å². The van der Waals surface area contributed by atoms with Crippen molar-refractivity contribution >= 4 is 23.3 Å². The van der Waals surface area contributed by atoms with E-state index in [4.69, 9.17) is 5.26 Å². The van der Waals surface area contributed by atoms with Crippen LogP contribution in [0, 0.1) is 31.0 Å². The molecular weight excluding hydrogens is 391 g/mol. The summed E-state index contributed by atoms with van der Waals surface area (Å²) in [5.74, 6) is -3.00. The van der Waals surface area contributed by atoms with Gasteiger partial charge in [-0.1, -0.05) is 0 Å². The Bertz CT molecular complexity index is 1080. The van der Waals surface area contributed by atoms with Crippen LogP contribution in [0.3, 0.4) is 0 Å². The quantitative estimate of drug-likeness (QED) is 0.492. The molecule has 2 amide bonds. The fraction of sp³-hybridized carbons (Fsp3) is 0.333. The number of hydrogen-bond acceptors (Lipinski definition) is 5. The van der Waals surface area contributed by atoms with Crippen LogP contribution in [-0.2, 0) is 11.8 Å². The first-order valence-electron chi connectivity index (χ1n) is 9.08. The number of aliphatic hydroxyl groups is 1. The highest BCUT2D eigenvalue weighted by atomic mass is 19.1. The summed E-state index contributed by atoms with van der Waals surface area (Å²) >= 11 is 0. The van der Waals surface area contributed by atoms with E-state index in [1.807, 2.05) is 0 Å². The van der Waals surface area contributed by atoms with Crippen LogP contribution in [0.2, 0.25) is 0 Å². The number of hydrogen-bond donors (Lipinski definition) is 3. The first-order chi connectivity index (χ1) is 13.9. The standard InChI is InChI=1S/C21H23FN4O4/c1-11-16(18(28)20(30)25-21(3,4)10-27)12(2)26(5)17(11)19(29)24-14-6-7-15(22)13(8-14)9-23/h6-8,27H,10H2,1-5H3,(H,24,29)(H,25,30). The lowest BCUT2D eigenvalue weighted by Crippen LogP contribution is -2.49. The highest BCUT2D eigenvalue weighted by Crippen LogP contribution is 2.24. The van der Waals surface area contributed by atoms with Gasteiger partial charge in [-0.2, -0.15) is 5.26 Å². The van der Waals surface area contributed by atoms with Crippen molar-refractivity contribution in [2.75, 3.05) is 11.9 Å². The van der Waals surface area contributed by atoms with Gasteiger partial charge in [0.05, 0.1) is 23.3 Å². The van der Waals surface area contributed by atoms with Gasteiger partial charge in [0, 0.05) is 18.4 Å². The van der Waals surface area contributed by atoms with Gasteiger partial charge in [-0.3, -0.25) is 14.4 Å². The van der Waals surface area contributed by atoms with Crippen LogP contribution in [-0.4, -0.2) is 39.4 Å². The van der Waals surface area contributed by atoms with E-state index in [-0.39, 0.29) is 29.1 Å². The van der Waals surface area contributed by atoms with Crippen LogP contribution in [0.1, 0.15) is 51.5 Å². The van der Waals surface area contributed by atoms with Crippen molar-refractivity contribution in [3.63, 3.8) is 0 Å². The number of aliphatic hydroxyl groups excluding tert-OH is 1. The van der Waals surface area contributed by atoms with Crippen molar-refractivity contribution in [2.45, 2.75) is 33.2 Å². The lowest BCUT2D eigenvalue weighted by atomic mass is 10.0. The van der Waals surface area contributed by atoms with Gasteiger partial charge in [-0.15, -0.1) is 0 Å². The van der Waals surface area contributed by atoms with Gasteiger partial charge in [-0.05, 0) is 51.5 Å². The monoisotopic (exact) mass is 414 g/mol. The topological polar surface area (TPSA) is 124 Å². The maximum absolute atomic E-state index is 13.5. The molecule has 1 aromatic carbocycles. The highest BCUT2D eigenvalue weighted by Gasteiger charge is 2.31. The predicted molar refractivity (Wildman–Crippen MR) is 108 cm³/mol. The SMILES string of the molecule is Cc1c(C(=O)C(=O)NC(C)(C)CO)c(C)n(C)c1C(=O)Nc1ccc(F)c(C#N)c1. The molecule has 0 aliphatic carbocycles. The third kappa shape index (κ3) is 4.39. The molecule has 1 heterocycles. The Labute approximate surface area is 173 Å². The number of ketones is 1. The van der Waals surface area contributed by atoms with E-state index in [9.17, 15) is 23.9 Å². The van der Waals surface area contributed by atoms with Crippen molar-refractivity contribution in [3.05, 3.63) is 52.1 Å². The molecule has 0 saturated heterocycles. The average Bonchev–Trinajstić information content (AvgIpc) is 2.91. The minimum atomic E-state index is -0.982. The molecule has 2 rings (SSSR count). The first-order valence-corrected chi connectivity index (χ1v) is 9.08. The Morgan fingerprint density at radius 2 is 1.90 bits per heavy atom. The Hall–Kier alpha value is -3.51. The number of amides is 2. The normalized spacial score (nSPS) is 11.0. The minimum absolute atomic E-state index is 0.0886. The number of Topliss-reactive ketones (excluding diaryl/α,β-unsaturated/α-hetero) is 1. The van der Waals surface area contributed by atoms with E-state index >= 15 is 0 Å². The molecule has 0 radical (unpaired) electrons. The number of nitrogens with zero attached hydrogens (tertiary/aromatic N) is 2. The van der Waals surface area contributed by atoms with Crippen LogP contribution < -0.4 is 10.6 Å². The first kappa shape index (κ1) is 22.8. The maximum atomic E-state index is 13.5. The molecule has 158 valence electrons. The summed E-state index contributed by atoms with van der Waals surface area (Å²) < 4.78 is 15.0. The molecule has 0 fully saturated rings. The van der Waals surface area contributed by atoms with E-state index < -0.39 is 29.0 Å². The summed E-state index contributed by atoms with van der Waals surface area (Å²) in [6.45, 7) is 5.94. The Balaban J connectivity index is 2.38. The Morgan fingerprint density at radius 3 is 2.47 bits per heavy atom. The number of benzene rings is 1. The summed E-state index contributed by atoms with van der Waals surface area (Å²) in [6, 6.07) is 5.28. The van der Waals surface area contributed by atoms with E-state index in [2.05, 4.69) is 10.6 Å². The van der Waals surface area contributed by atoms with E-state index in [0.29, 0.717) is 11.3 Å². The zero-order valence-corrected chi connectivity index (χ0v) is 17.4. The lowest BCUT2D eigenvalue weighted by Gasteiger charge is -2.22. The number of halogens is 1. The smallest absolute Gasteiger partial charge is 0.292 e. The van der Waals surface area contributed by atoms with Gasteiger partial charge < -0.3 is 20.3 Å². The summed E-state index contributed by atoms with van der Waals surface area (Å²) in [7, 11) is 1.58. The molecule has 0 saturated carbocycles. The molecule has 8 nitrogen and oxygen atoms in total. The van der Waals surface area contributed by atoms with Crippen molar-refractivity contribution in [1.29, 1.82) is 5.26 Å². The number of aromatic nitrogens is 1. The number of anilines is 1. The summed E-state index contributed by atoms with van der Waals surface area (Å²) in [5, 5.41) is 23.3. The predicted octanol–water partition coefficient (Wildman–Crippen LogP) is 1.97. The van der Waals surface area contributed by atoms with E-state index in [0.717, 1.165) is 6.07 Å². The fourth-order valence-electron chi connectivity index (χ4n) is 3.03. The molecule has 0 spiro atoms. The Morgan fingerprint density at radius 1 is 1.27 bits per heavy atom. The molecule has 0 aliphatic heterocycles. The molecule has 2 aromatic rings. The number of carbonyl (C=O) groups excluding carboxylic acids is 3. The number of nitrogens with one attached hydrogen (secondary N) is 2. The van der Waals surface area contributed by atoms with Gasteiger partial charge in [0.15, 0.2) is 0 Å². The molecule has 30 heavy (non-hydrogen) atoms. The van der Waals surface area contributed by atoms with Gasteiger partial charge >= 0.3 is 0 Å². The largest absolute Gasteiger partial charge is 0.394 e. The summed E-state index contributed by atoms with van der Waals surface area (Å²) in [4.78, 5) is 37.9. The Kier molecular flexibility index (Phi) is 6.43. The van der Waals surface area contributed by atoms with Crippen molar-refractivity contribution in [1.82, 2.24) is 9.88 Å². The van der Waals surface area contributed by atoms with Crippen LogP contribution in [0.4, 0.5) is 10.1 Å². The summed E-state index contributed by atoms with van der Waals surface area (Å²) in [5.41, 5.74) is -0.0323. The van der Waals surface area contributed by atoms with Gasteiger partial charge in [0.1, 0.15) is 17.6 Å². The average molecular weight is 414 g/mol. The molecule has 0 aliphatic rings. The zero-order valence-electron chi connectivity index (χ0n) is 17.4. The second-order valence-electron chi connectivity index (χ2n) is 7.58. The third-order valence-electron chi connectivity index (χ3n) is 4.77. The molecule has 3 N–H and O–H groups in total. The zero-order chi connectivity index (χ0) is 22.8. The van der Waals surface area contributed by atoms with E-state index in [1.165, 1.54) is 16.7 Å². The second kappa shape index (κ2) is 8.47. The van der Waals surface area contributed by atoms with Crippen LogP contribution in [0.25, 0.3) is 0 Å². The van der Waals surface area contributed by atoms with Gasteiger partial charge in [0.25, 0.3) is 17.6 Å². The fourth-order valence-corrected chi connectivity index (χ4v) is 3.03. The van der Waals surface area contributed by atoms with Gasteiger partial charge in [0.2, 0.25) is 0 Å². The van der Waals surface area contributed by atoms with Gasteiger partial charge in [-0.25, -0.2) is 4.39 Å². The third-order valence-corrected chi connectivity index (χ3v) is 4.77. The van der Waals surface area contributed by atoms with E-state index in [1.54, 1.807) is 40.8 Å². The van der Waals surface area contributed by atoms with Crippen LogP contribution in [0.5, 0.6) is 0 Å². The highest BCUT2D eigenvalue weighted by molar-refractivity contribution is 6.43. The maximum Gasteiger partial charge on any atom is 0.292 e. The molecule has 0 unspecified atom stereocenters. The number of carbonyl (C=O) groups is 3. The lowest BCUT2D eigenvalue weighted by molar-refractivity contribution is -0.119. The number of rotatable bonds is 6. The molecule has 9 heteroatoms. The molecular formula is C21H23FN4O4. The van der Waals surface area contributed by atoms with Crippen molar-refractivity contribution in [2.24, 2.45) is 7.05 Å². The summed E-state index contributed by atoms with van der Waals surface area (Å²) in [6.07, 6.45) is 0. The van der Waals surface area contributed by atoms with Crippen molar-refractivity contribution in [3.8, 4) is 6.07 Å². The van der Waals surface area contributed by atoms with Crippen molar-refractivity contribution < 1.29 is 23.9 Å². The second-order valence-corrected chi connectivity index (χ2v) is 7.58.